The third kappa shape index (κ3) is 1.36. The van der Waals surface area contributed by atoms with E-state index < -0.39 is 0 Å². The predicted octanol–water partition coefficient (Wildman–Crippen LogP) is 1.59. The summed E-state index contributed by atoms with van der Waals surface area (Å²) in [7, 11) is 0. The molecule has 0 N–H and O–H groups in total. The fraction of sp³-hybridized carbons (Fsp3) is 0. The first-order valence-corrected chi connectivity index (χ1v) is 4.58. The summed E-state index contributed by atoms with van der Waals surface area (Å²) in [6.07, 6.45) is 4.47. The summed E-state index contributed by atoms with van der Waals surface area (Å²) in [6.45, 7) is 0. The Hall–Kier alpha value is -2.23. The molecule has 0 saturated carbocycles. The van der Waals surface area contributed by atoms with E-state index in [-0.39, 0.29) is 0 Å². The highest BCUT2D eigenvalue weighted by Crippen LogP contribution is 2.13. The highest BCUT2D eigenvalue weighted by Gasteiger charge is 2.02. The molecule has 15 heavy (non-hydrogen) atoms. The molecule has 0 aliphatic heterocycles. The van der Waals surface area contributed by atoms with E-state index in [1.54, 1.807) is 6.20 Å². The molecule has 1 aromatic carbocycles. The first-order chi connectivity index (χ1) is 7.43. The molecule has 2 heterocycles. The molecule has 3 aromatic rings. The van der Waals surface area contributed by atoms with E-state index in [1.165, 1.54) is 4.52 Å². The van der Waals surface area contributed by atoms with Crippen LogP contribution in [0, 0.1) is 6.33 Å². The van der Waals surface area contributed by atoms with Gasteiger partial charge in [-0.1, -0.05) is 30.3 Å². The van der Waals surface area contributed by atoms with Crippen LogP contribution in [0.1, 0.15) is 0 Å². The minimum absolute atomic E-state index is 0.670. The molecular formula is C11H7N4. The molecule has 0 spiro atoms. The number of hydrogen-bond acceptors (Lipinski definition) is 3. The third-order valence-electron chi connectivity index (χ3n) is 2.13. The van der Waals surface area contributed by atoms with Crippen LogP contribution in [0.25, 0.3) is 17.0 Å². The van der Waals surface area contributed by atoms with Crippen molar-refractivity contribution in [1.29, 1.82) is 0 Å². The lowest BCUT2D eigenvalue weighted by Crippen LogP contribution is -1.96. The predicted molar refractivity (Wildman–Crippen MR) is 55.1 cm³/mol. The van der Waals surface area contributed by atoms with Gasteiger partial charge in [-0.3, -0.25) is 0 Å². The second-order valence-corrected chi connectivity index (χ2v) is 3.11. The van der Waals surface area contributed by atoms with Gasteiger partial charge in [0.25, 0.3) is 0 Å². The van der Waals surface area contributed by atoms with Gasteiger partial charge in [-0.2, -0.15) is 9.61 Å². The smallest absolute Gasteiger partial charge is 0.203 e. The number of fused-ring (bicyclic) bond motifs is 1. The van der Waals surface area contributed by atoms with Gasteiger partial charge < -0.3 is 0 Å². The average molecular weight is 195 g/mol. The summed E-state index contributed by atoms with van der Waals surface area (Å²) >= 11 is 0. The minimum atomic E-state index is 0.670. The number of benzene rings is 1. The molecule has 3 rings (SSSR count). The van der Waals surface area contributed by atoms with Crippen LogP contribution in [-0.4, -0.2) is 19.6 Å². The second-order valence-electron chi connectivity index (χ2n) is 3.11. The fourth-order valence-electron chi connectivity index (χ4n) is 1.40. The van der Waals surface area contributed by atoms with Crippen molar-refractivity contribution < 1.29 is 0 Å². The lowest BCUT2D eigenvalue weighted by Gasteiger charge is -1.98. The van der Waals surface area contributed by atoms with Gasteiger partial charge in [0.1, 0.15) is 0 Å². The standard InChI is InChI=1S/C11H7N4/c1-2-4-9(5-3-1)11-12-8-15-10(14-11)6-7-13-15/h1-7H. The van der Waals surface area contributed by atoms with Crippen molar-refractivity contribution in [2.75, 3.05) is 0 Å². The topological polar surface area (TPSA) is 43.1 Å². The molecule has 1 radical (unpaired) electrons. The van der Waals surface area contributed by atoms with Gasteiger partial charge in [0.15, 0.2) is 11.5 Å². The molecular weight excluding hydrogens is 188 g/mol. The van der Waals surface area contributed by atoms with Crippen molar-refractivity contribution in [3.8, 4) is 11.4 Å². The van der Waals surface area contributed by atoms with Crippen molar-refractivity contribution in [2.24, 2.45) is 0 Å². The van der Waals surface area contributed by atoms with E-state index in [2.05, 4.69) is 21.4 Å². The van der Waals surface area contributed by atoms with Crippen LogP contribution in [0.3, 0.4) is 0 Å². The lowest BCUT2D eigenvalue weighted by atomic mass is 10.2. The van der Waals surface area contributed by atoms with Gasteiger partial charge in [-0.05, 0) is 0 Å². The molecule has 4 heteroatoms. The van der Waals surface area contributed by atoms with Crippen LogP contribution in [-0.2, 0) is 0 Å². The first kappa shape index (κ1) is 8.11. The molecule has 0 aliphatic carbocycles. The summed E-state index contributed by atoms with van der Waals surface area (Å²) in [5, 5.41) is 3.99. The first-order valence-electron chi connectivity index (χ1n) is 4.58. The van der Waals surface area contributed by atoms with Crippen molar-refractivity contribution in [3.05, 3.63) is 48.9 Å². The fourth-order valence-corrected chi connectivity index (χ4v) is 1.40. The Kier molecular flexibility index (Phi) is 1.71. The Morgan fingerprint density at radius 2 is 1.93 bits per heavy atom. The lowest BCUT2D eigenvalue weighted by molar-refractivity contribution is 0.884. The van der Waals surface area contributed by atoms with Crippen LogP contribution in [0.5, 0.6) is 0 Å². The van der Waals surface area contributed by atoms with E-state index in [4.69, 9.17) is 0 Å². The summed E-state index contributed by atoms with van der Waals surface area (Å²) in [6, 6.07) is 11.6. The third-order valence-corrected chi connectivity index (χ3v) is 2.13. The zero-order chi connectivity index (χ0) is 10.1. The van der Waals surface area contributed by atoms with Gasteiger partial charge in [-0.15, -0.1) is 0 Å². The van der Waals surface area contributed by atoms with Gasteiger partial charge in [0, 0.05) is 11.6 Å². The van der Waals surface area contributed by atoms with Crippen LogP contribution in [0.2, 0.25) is 0 Å². The molecule has 0 aliphatic rings. The van der Waals surface area contributed by atoms with Gasteiger partial charge in [0.2, 0.25) is 6.33 Å². The second kappa shape index (κ2) is 3.16. The Bertz CT molecular complexity index is 586. The normalized spacial score (nSPS) is 10.7. The SMILES string of the molecule is [c]1nc(-c2ccccc2)nc2ccnn12. The van der Waals surface area contributed by atoms with Crippen LogP contribution < -0.4 is 0 Å². The van der Waals surface area contributed by atoms with Gasteiger partial charge >= 0.3 is 0 Å². The summed E-state index contributed by atoms with van der Waals surface area (Å²) in [4.78, 5) is 8.48. The van der Waals surface area contributed by atoms with E-state index in [0.29, 0.717) is 5.82 Å². The number of rotatable bonds is 1. The quantitative estimate of drug-likeness (QED) is 0.592. The number of nitrogens with zero attached hydrogens (tertiary/aromatic N) is 4. The Labute approximate surface area is 86.2 Å². The number of hydrogen-bond donors (Lipinski definition) is 0. The van der Waals surface area contributed by atoms with Crippen molar-refractivity contribution in [3.63, 3.8) is 0 Å². The van der Waals surface area contributed by atoms with Gasteiger partial charge in [-0.25, -0.2) is 9.97 Å². The molecule has 0 atom stereocenters. The summed E-state index contributed by atoms with van der Waals surface area (Å²) in [5.41, 5.74) is 1.74. The van der Waals surface area contributed by atoms with Crippen LogP contribution in [0.4, 0.5) is 0 Å². The molecule has 0 amide bonds. The van der Waals surface area contributed by atoms with E-state index >= 15 is 0 Å². The Morgan fingerprint density at radius 1 is 1.07 bits per heavy atom. The molecule has 0 unspecified atom stereocenters. The monoisotopic (exact) mass is 195 g/mol. The maximum atomic E-state index is 4.36. The summed E-state index contributed by atoms with van der Waals surface area (Å²) < 4.78 is 1.52. The molecule has 0 saturated heterocycles. The van der Waals surface area contributed by atoms with Crippen molar-refractivity contribution in [1.82, 2.24) is 19.6 Å². The maximum Gasteiger partial charge on any atom is 0.203 e. The minimum Gasteiger partial charge on any atom is -0.209 e. The van der Waals surface area contributed by atoms with Crippen molar-refractivity contribution in [2.45, 2.75) is 0 Å². The van der Waals surface area contributed by atoms with E-state index in [9.17, 15) is 0 Å². The maximum absolute atomic E-state index is 4.36. The Balaban J connectivity index is 2.19. The van der Waals surface area contributed by atoms with E-state index in [1.807, 2.05) is 36.4 Å². The summed E-state index contributed by atoms with van der Waals surface area (Å²) in [5.74, 6) is 0.670. The highest BCUT2D eigenvalue weighted by molar-refractivity contribution is 5.56. The molecule has 71 valence electrons. The molecule has 2 aromatic heterocycles. The zero-order valence-corrected chi connectivity index (χ0v) is 7.83. The molecule has 0 bridgehead atoms. The largest absolute Gasteiger partial charge is 0.209 e. The van der Waals surface area contributed by atoms with Crippen molar-refractivity contribution >= 4 is 5.65 Å². The van der Waals surface area contributed by atoms with Crippen LogP contribution in [0.15, 0.2) is 42.6 Å². The molecule has 0 fully saturated rings. The number of aromatic nitrogens is 4. The average Bonchev–Trinajstić information content (AvgIpc) is 2.77. The highest BCUT2D eigenvalue weighted by atomic mass is 15.3. The molecule has 4 nitrogen and oxygen atoms in total. The zero-order valence-electron chi connectivity index (χ0n) is 7.83. The van der Waals surface area contributed by atoms with Crippen LogP contribution >= 0.6 is 0 Å². The van der Waals surface area contributed by atoms with E-state index in [0.717, 1.165) is 11.2 Å². The van der Waals surface area contributed by atoms with Gasteiger partial charge in [0.05, 0.1) is 6.20 Å². The Morgan fingerprint density at radius 3 is 2.80 bits per heavy atom.